The molecule has 88 valence electrons. The number of carbonyl (C=O) groups is 1. The lowest BCUT2D eigenvalue weighted by Crippen LogP contribution is -2.35. The third-order valence-corrected chi connectivity index (χ3v) is 2.66. The fourth-order valence-electron chi connectivity index (χ4n) is 1.34. The molecular weight excluding hydrogens is 202 g/mol. The molecule has 1 aromatic heterocycles. The molecule has 1 amide bonds. The number of rotatable bonds is 4. The Morgan fingerprint density at radius 3 is 2.56 bits per heavy atom. The Hall–Kier alpha value is -1.42. The maximum atomic E-state index is 11.6. The van der Waals surface area contributed by atoms with Crippen LogP contribution in [0.2, 0.25) is 0 Å². The number of pyridine rings is 1. The van der Waals surface area contributed by atoms with Crippen molar-refractivity contribution in [2.45, 2.75) is 13.0 Å². The lowest BCUT2D eigenvalue weighted by Gasteiger charge is -2.24. The molecule has 4 heteroatoms. The topological polar surface area (TPSA) is 36.4 Å². The van der Waals surface area contributed by atoms with Gasteiger partial charge in [0.25, 0.3) is 0 Å². The largest absolute Gasteiger partial charge is 0.348 e. The number of hydrogen-bond acceptors (Lipinski definition) is 3. The van der Waals surface area contributed by atoms with E-state index in [1.54, 1.807) is 25.2 Å². The molecule has 0 aliphatic carbocycles. The van der Waals surface area contributed by atoms with E-state index in [1.807, 2.05) is 37.1 Å². The lowest BCUT2D eigenvalue weighted by atomic mass is 10.2. The smallest absolute Gasteiger partial charge is 0.236 e. The van der Waals surface area contributed by atoms with Crippen LogP contribution in [0.5, 0.6) is 0 Å². The van der Waals surface area contributed by atoms with Gasteiger partial charge in [0.2, 0.25) is 5.91 Å². The number of amides is 1. The van der Waals surface area contributed by atoms with Crippen molar-refractivity contribution in [3.05, 3.63) is 30.1 Å². The minimum Gasteiger partial charge on any atom is -0.348 e. The summed E-state index contributed by atoms with van der Waals surface area (Å²) in [5.41, 5.74) is 0.983. The summed E-state index contributed by atoms with van der Waals surface area (Å²) in [7, 11) is 5.46. The first-order valence-electron chi connectivity index (χ1n) is 5.33. The van der Waals surface area contributed by atoms with Crippen molar-refractivity contribution in [3.63, 3.8) is 0 Å². The van der Waals surface area contributed by atoms with E-state index in [-0.39, 0.29) is 11.9 Å². The second kappa shape index (κ2) is 5.61. The number of carbonyl (C=O) groups excluding carboxylic acids is 1. The van der Waals surface area contributed by atoms with Crippen LogP contribution in [0, 0.1) is 0 Å². The first kappa shape index (κ1) is 12.6. The number of aromatic nitrogens is 1. The van der Waals surface area contributed by atoms with Gasteiger partial charge in [-0.05, 0) is 26.1 Å². The zero-order valence-corrected chi connectivity index (χ0v) is 10.3. The van der Waals surface area contributed by atoms with Gasteiger partial charge in [0.15, 0.2) is 0 Å². The van der Waals surface area contributed by atoms with Crippen LogP contribution in [0.3, 0.4) is 0 Å². The Morgan fingerprint density at radius 1 is 1.38 bits per heavy atom. The summed E-state index contributed by atoms with van der Waals surface area (Å²) in [6, 6.07) is 5.97. The summed E-state index contributed by atoms with van der Waals surface area (Å²) in [6.07, 6.45) is 1.77. The molecule has 0 aliphatic heterocycles. The van der Waals surface area contributed by atoms with Gasteiger partial charge in [-0.2, -0.15) is 0 Å². The van der Waals surface area contributed by atoms with E-state index in [9.17, 15) is 4.79 Å². The maximum Gasteiger partial charge on any atom is 0.236 e. The third-order valence-electron chi connectivity index (χ3n) is 2.66. The molecule has 1 aromatic rings. The molecule has 0 N–H and O–H groups in total. The molecule has 0 saturated heterocycles. The van der Waals surface area contributed by atoms with E-state index >= 15 is 0 Å². The van der Waals surface area contributed by atoms with Crippen LogP contribution < -0.4 is 0 Å². The summed E-state index contributed by atoms with van der Waals surface area (Å²) in [4.78, 5) is 19.4. The van der Waals surface area contributed by atoms with Gasteiger partial charge in [0, 0.05) is 26.3 Å². The van der Waals surface area contributed by atoms with E-state index in [0.717, 1.165) is 5.69 Å². The van der Waals surface area contributed by atoms with E-state index < -0.39 is 0 Å². The van der Waals surface area contributed by atoms with Crippen LogP contribution in [0.25, 0.3) is 0 Å². The lowest BCUT2D eigenvalue weighted by molar-refractivity contribution is -0.130. The second-order valence-electron chi connectivity index (χ2n) is 4.13. The van der Waals surface area contributed by atoms with Crippen molar-refractivity contribution in [1.82, 2.24) is 14.8 Å². The van der Waals surface area contributed by atoms with E-state index in [2.05, 4.69) is 4.98 Å². The molecule has 16 heavy (non-hydrogen) atoms. The van der Waals surface area contributed by atoms with Crippen molar-refractivity contribution >= 4 is 5.91 Å². The van der Waals surface area contributed by atoms with Gasteiger partial charge in [-0.15, -0.1) is 0 Å². The molecule has 0 unspecified atom stereocenters. The predicted molar refractivity (Wildman–Crippen MR) is 64.0 cm³/mol. The molecule has 0 spiro atoms. The average Bonchev–Trinajstić information content (AvgIpc) is 2.28. The second-order valence-corrected chi connectivity index (χ2v) is 4.13. The normalized spacial score (nSPS) is 12.6. The highest BCUT2D eigenvalue weighted by molar-refractivity contribution is 5.77. The summed E-state index contributed by atoms with van der Waals surface area (Å²) in [5.74, 6) is 0.102. The van der Waals surface area contributed by atoms with E-state index in [1.165, 1.54) is 0 Å². The average molecular weight is 221 g/mol. The Labute approximate surface area is 96.9 Å². The van der Waals surface area contributed by atoms with Crippen molar-refractivity contribution in [2.75, 3.05) is 27.7 Å². The van der Waals surface area contributed by atoms with Gasteiger partial charge < -0.3 is 4.90 Å². The Bertz CT molecular complexity index is 337. The SMILES string of the molecule is C[C@@H](c1ccccn1)N(C)CC(=O)N(C)C. The molecule has 1 rings (SSSR count). The molecule has 1 atom stereocenters. The van der Waals surface area contributed by atoms with Crippen LogP contribution in [0.15, 0.2) is 24.4 Å². The van der Waals surface area contributed by atoms with Gasteiger partial charge in [0.05, 0.1) is 12.2 Å². The van der Waals surface area contributed by atoms with Gasteiger partial charge in [-0.25, -0.2) is 0 Å². The molecule has 4 nitrogen and oxygen atoms in total. The number of likely N-dealkylation sites (N-methyl/N-ethyl adjacent to an activating group) is 2. The van der Waals surface area contributed by atoms with E-state index in [4.69, 9.17) is 0 Å². The van der Waals surface area contributed by atoms with Crippen molar-refractivity contribution in [1.29, 1.82) is 0 Å². The van der Waals surface area contributed by atoms with Crippen LogP contribution in [0.1, 0.15) is 18.7 Å². The quantitative estimate of drug-likeness (QED) is 0.765. The Morgan fingerprint density at radius 2 is 2.06 bits per heavy atom. The maximum absolute atomic E-state index is 11.6. The molecule has 0 radical (unpaired) electrons. The molecule has 0 aromatic carbocycles. The minimum atomic E-state index is 0.102. The molecule has 0 saturated carbocycles. The highest BCUT2D eigenvalue weighted by Gasteiger charge is 2.16. The zero-order valence-electron chi connectivity index (χ0n) is 10.3. The van der Waals surface area contributed by atoms with E-state index in [0.29, 0.717) is 6.54 Å². The van der Waals surface area contributed by atoms with Crippen molar-refractivity contribution < 1.29 is 4.79 Å². The zero-order chi connectivity index (χ0) is 12.1. The first-order chi connectivity index (χ1) is 7.52. The summed E-state index contributed by atoms with van der Waals surface area (Å²) in [6.45, 7) is 2.45. The van der Waals surface area contributed by atoms with Crippen LogP contribution in [-0.2, 0) is 4.79 Å². The highest BCUT2D eigenvalue weighted by atomic mass is 16.2. The van der Waals surface area contributed by atoms with Gasteiger partial charge >= 0.3 is 0 Å². The van der Waals surface area contributed by atoms with Gasteiger partial charge in [0.1, 0.15) is 0 Å². The molecular formula is C12H19N3O. The standard InChI is InChI=1S/C12H19N3O/c1-10(11-7-5-6-8-13-11)15(4)9-12(16)14(2)3/h5-8,10H,9H2,1-4H3/t10-/m0/s1. The third kappa shape index (κ3) is 3.31. The Kier molecular flexibility index (Phi) is 4.43. The van der Waals surface area contributed by atoms with Crippen LogP contribution in [-0.4, -0.2) is 48.4 Å². The van der Waals surface area contributed by atoms with Gasteiger partial charge in [-0.1, -0.05) is 6.07 Å². The molecule has 1 heterocycles. The summed E-state index contributed by atoms with van der Waals surface area (Å²) in [5, 5.41) is 0. The minimum absolute atomic E-state index is 0.102. The van der Waals surface area contributed by atoms with Gasteiger partial charge in [-0.3, -0.25) is 14.7 Å². The molecule has 0 aliphatic rings. The molecule has 0 bridgehead atoms. The highest BCUT2D eigenvalue weighted by Crippen LogP contribution is 2.15. The van der Waals surface area contributed by atoms with Crippen molar-refractivity contribution in [2.24, 2.45) is 0 Å². The van der Waals surface area contributed by atoms with Crippen molar-refractivity contribution in [3.8, 4) is 0 Å². The Balaban J connectivity index is 2.61. The number of nitrogens with zero attached hydrogens (tertiary/aromatic N) is 3. The fraction of sp³-hybridized carbons (Fsp3) is 0.500. The predicted octanol–water partition coefficient (Wildman–Crippen LogP) is 1.16. The fourth-order valence-corrected chi connectivity index (χ4v) is 1.34. The van der Waals surface area contributed by atoms with Crippen LogP contribution in [0.4, 0.5) is 0 Å². The molecule has 0 fully saturated rings. The monoisotopic (exact) mass is 221 g/mol. The number of hydrogen-bond donors (Lipinski definition) is 0. The van der Waals surface area contributed by atoms with Crippen LogP contribution >= 0.6 is 0 Å². The summed E-state index contributed by atoms with van der Waals surface area (Å²) >= 11 is 0. The summed E-state index contributed by atoms with van der Waals surface area (Å²) < 4.78 is 0. The first-order valence-corrected chi connectivity index (χ1v) is 5.33.